The molecule has 19 heavy (non-hydrogen) atoms. The molecule has 0 aromatic heterocycles. The average Bonchev–Trinajstić information content (AvgIpc) is 2.93. The van der Waals surface area contributed by atoms with Crippen LogP contribution in [0.3, 0.4) is 0 Å². The summed E-state index contributed by atoms with van der Waals surface area (Å²) in [5, 5.41) is 2.82. The van der Waals surface area contributed by atoms with E-state index in [4.69, 9.17) is 19.9 Å². The van der Waals surface area contributed by atoms with Gasteiger partial charge in [0.15, 0.2) is 0 Å². The van der Waals surface area contributed by atoms with Gasteiger partial charge in [-0.15, -0.1) is 0 Å². The van der Waals surface area contributed by atoms with Crippen molar-refractivity contribution in [2.75, 3.05) is 40.0 Å². The molecule has 1 aliphatic heterocycles. The number of hydrogen-bond acceptors (Lipinski definition) is 5. The Morgan fingerprint density at radius 1 is 1.58 bits per heavy atom. The number of carbonyl (C=O) groups is 1. The predicted molar refractivity (Wildman–Crippen MR) is 71.9 cm³/mol. The van der Waals surface area contributed by atoms with Gasteiger partial charge in [-0.05, 0) is 19.3 Å². The lowest BCUT2D eigenvalue weighted by molar-refractivity contribution is -0.123. The van der Waals surface area contributed by atoms with Crippen LogP contribution in [-0.2, 0) is 19.0 Å². The van der Waals surface area contributed by atoms with E-state index in [9.17, 15) is 4.79 Å². The third-order valence-electron chi connectivity index (χ3n) is 3.12. The van der Waals surface area contributed by atoms with Gasteiger partial charge in [0.25, 0.3) is 0 Å². The normalized spacial score (nSPS) is 20.4. The maximum absolute atomic E-state index is 11.5. The Morgan fingerprint density at radius 2 is 2.42 bits per heavy atom. The standard InChI is InChI=1S/C13H26N2O4/c1-17-12(9-14)8-13(16)15-5-3-6-18-10-11-4-2-7-19-11/h11-12H,2-10,14H2,1H3,(H,15,16). The Kier molecular flexibility index (Phi) is 8.73. The number of amides is 1. The van der Waals surface area contributed by atoms with Crippen LogP contribution >= 0.6 is 0 Å². The molecule has 0 radical (unpaired) electrons. The lowest BCUT2D eigenvalue weighted by Gasteiger charge is -2.13. The Morgan fingerprint density at radius 3 is 3.05 bits per heavy atom. The van der Waals surface area contributed by atoms with Gasteiger partial charge in [0.2, 0.25) is 5.91 Å². The molecule has 1 amide bonds. The lowest BCUT2D eigenvalue weighted by Crippen LogP contribution is -2.33. The fraction of sp³-hybridized carbons (Fsp3) is 0.923. The first-order valence-corrected chi connectivity index (χ1v) is 6.95. The summed E-state index contributed by atoms with van der Waals surface area (Å²) in [6, 6.07) is 0. The second-order valence-corrected chi connectivity index (χ2v) is 4.71. The molecular weight excluding hydrogens is 248 g/mol. The lowest BCUT2D eigenvalue weighted by atomic mass is 10.2. The van der Waals surface area contributed by atoms with Gasteiger partial charge in [0.1, 0.15) is 0 Å². The molecule has 0 aliphatic carbocycles. The summed E-state index contributed by atoms with van der Waals surface area (Å²) in [5.41, 5.74) is 5.45. The van der Waals surface area contributed by atoms with E-state index in [0.29, 0.717) is 32.7 Å². The van der Waals surface area contributed by atoms with E-state index in [1.54, 1.807) is 7.11 Å². The SMILES string of the molecule is COC(CN)CC(=O)NCCCOCC1CCCO1. The fourth-order valence-corrected chi connectivity index (χ4v) is 1.93. The maximum Gasteiger partial charge on any atom is 0.222 e. The zero-order valence-corrected chi connectivity index (χ0v) is 11.7. The van der Waals surface area contributed by atoms with Crippen LogP contribution in [0.2, 0.25) is 0 Å². The maximum atomic E-state index is 11.5. The van der Waals surface area contributed by atoms with E-state index in [2.05, 4.69) is 5.32 Å². The molecule has 6 heteroatoms. The number of rotatable bonds is 10. The van der Waals surface area contributed by atoms with Crippen LogP contribution in [0.4, 0.5) is 0 Å². The van der Waals surface area contributed by atoms with E-state index < -0.39 is 0 Å². The molecular formula is C13H26N2O4. The molecule has 112 valence electrons. The summed E-state index contributed by atoms with van der Waals surface area (Å²) in [5.74, 6) is -0.0311. The molecule has 6 nitrogen and oxygen atoms in total. The van der Waals surface area contributed by atoms with Crippen LogP contribution in [0, 0.1) is 0 Å². The highest BCUT2D eigenvalue weighted by atomic mass is 16.5. The number of nitrogens with one attached hydrogen (secondary N) is 1. The highest BCUT2D eigenvalue weighted by Gasteiger charge is 2.15. The molecule has 0 saturated carbocycles. The number of nitrogens with two attached hydrogens (primary N) is 1. The third-order valence-corrected chi connectivity index (χ3v) is 3.12. The van der Waals surface area contributed by atoms with Crippen molar-refractivity contribution >= 4 is 5.91 Å². The van der Waals surface area contributed by atoms with Crippen molar-refractivity contribution in [3.05, 3.63) is 0 Å². The average molecular weight is 274 g/mol. The summed E-state index contributed by atoms with van der Waals surface area (Å²) in [6.07, 6.45) is 3.40. The Bertz CT molecular complexity index is 241. The summed E-state index contributed by atoms with van der Waals surface area (Å²) >= 11 is 0. The van der Waals surface area contributed by atoms with E-state index >= 15 is 0 Å². The van der Waals surface area contributed by atoms with Crippen LogP contribution < -0.4 is 11.1 Å². The van der Waals surface area contributed by atoms with Crippen LogP contribution in [0.25, 0.3) is 0 Å². The smallest absolute Gasteiger partial charge is 0.222 e. The molecule has 0 aromatic carbocycles. The van der Waals surface area contributed by atoms with Gasteiger partial charge in [0.05, 0.1) is 25.2 Å². The quantitative estimate of drug-likeness (QED) is 0.550. The molecule has 2 unspecified atom stereocenters. The van der Waals surface area contributed by atoms with Gasteiger partial charge in [-0.2, -0.15) is 0 Å². The van der Waals surface area contributed by atoms with Gasteiger partial charge in [-0.25, -0.2) is 0 Å². The second-order valence-electron chi connectivity index (χ2n) is 4.71. The predicted octanol–water partition coefficient (Wildman–Crippen LogP) is 0.0521. The molecule has 3 N–H and O–H groups in total. The number of hydrogen-bond donors (Lipinski definition) is 2. The highest BCUT2D eigenvalue weighted by molar-refractivity contribution is 5.76. The van der Waals surface area contributed by atoms with E-state index in [0.717, 1.165) is 25.9 Å². The van der Waals surface area contributed by atoms with E-state index in [1.807, 2.05) is 0 Å². The number of carbonyl (C=O) groups excluding carboxylic acids is 1. The molecule has 0 spiro atoms. The Labute approximate surface area is 115 Å². The van der Waals surface area contributed by atoms with Crippen molar-refractivity contribution in [2.45, 2.75) is 37.9 Å². The first-order chi connectivity index (χ1) is 9.26. The minimum atomic E-state index is -0.198. The molecule has 1 aliphatic rings. The van der Waals surface area contributed by atoms with Crippen LogP contribution in [-0.4, -0.2) is 58.1 Å². The molecule has 1 fully saturated rings. The van der Waals surface area contributed by atoms with Crippen molar-refractivity contribution in [2.24, 2.45) is 5.73 Å². The van der Waals surface area contributed by atoms with Crippen molar-refractivity contribution in [1.82, 2.24) is 5.32 Å². The molecule has 2 atom stereocenters. The summed E-state index contributed by atoms with van der Waals surface area (Å²) in [6.45, 7) is 3.13. The van der Waals surface area contributed by atoms with Crippen LogP contribution in [0.15, 0.2) is 0 Å². The second kappa shape index (κ2) is 10.1. The van der Waals surface area contributed by atoms with Gasteiger partial charge in [-0.1, -0.05) is 0 Å². The van der Waals surface area contributed by atoms with Crippen molar-refractivity contribution in [3.8, 4) is 0 Å². The number of ether oxygens (including phenoxy) is 3. The summed E-state index contributed by atoms with van der Waals surface area (Å²) in [7, 11) is 1.56. The van der Waals surface area contributed by atoms with Crippen LogP contribution in [0.1, 0.15) is 25.7 Å². The third kappa shape index (κ3) is 7.47. The van der Waals surface area contributed by atoms with Gasteiger partial charge < -0.3 is 25.3 Å². The molecule has 1 rings (SSSR count). The minimum absolute atomic E-state index is 0.0311. The van der Waals surface area contributed by atoms with Gasteiger partial charge in [-0.3, -0.25) is 4.79 Å². The largest absolute Gasteiger partial charge is 0.380 e. The van der Waals surface area contributed by atoms with Crippen molar-refractivity contribution in [1.29, 1.82) is 0 Å². The first-order valence-electron chi connectivity index (χ1n) is 6.95. The fourth-order valence-electron chi connectivity index (χ4n) is 1.93. The summed E-state index contributed by atoms with van der Waals surface area (Å²) in [4.78, 5) is 11.5. The topological polar surface area (TPSA) is 82.8 Å². The van der Waals surface area contributed by atoms with E-state index in [1.165, 1.54) is 0 Å². The molecule has 0 aromatic rings. The monoisotopic (exact) mass is 274 g/mol. The molecule has 1 saturated heterocycles. The van der Waals surface area contributed by atoms with Gasteiger partial charge in [0, 0.05) is 33.4 Å². The van der Waals surface area contributed by atoms with Crippen molar-refractivity contribution < 1.29 is 19.0 Å². The van der Waals surface area contributed by atoms with Gasteiger partial charge >= 0.3 is 0 Å². The highest BCUT2D eigenvalue weighted by Crippen LogP contribution is 2.11. The van der Waals surface area contributed by atoms with Crippen molar-refractivity contribution in [3.63, 3.8) is 0 Å². The number of methoxy groups -OCH3 is 1. The Balaban J connectivity index is 1.90. The summed E-state index contributed by atoms with van der Waals surface area (Å²) < 4.78 is 16.0. The minimum Gasteiger partial charge on any atom is -0.380 e. The first kappa shape index (κ1) is 16.4. The zero-order valence-electron chi connectivity index (χ0n) is 11.7. The zero-order chi connectivity index (χ0) is 13.9. The molecule has 1 heterocycles. The van der Waals surface area contributed by atoms with E-state index in [-0.39, 0.29) is 18.1 Å². The molecule has 0 bridgehead atoms. The van der Waals surface area contributed by atoms with Crippen LogP contribution in [0.5, 0.6) is 0 Å². The Hall–Kier alpha value is -0.690.